The Hall–Kier alpha value is -2.48. The van der Waals surface area contributed by atoms with Crippen molar-refractivity contribution in [2.75, 3.05) is 0 Å². The van der Waals surface area contributed by atoms with Gasteiger partial charge in [0.15, 0.2) is 0 Å². The Labute approximate surface area is 216 Å². The molecule has 0 unspecified atom stereocenters. The standard InChI is InChI=1S/4C8H9.Os/c4*1-7-3-5-8(2)6-4-7;/h4*3-5H,1-2H3;/q4*-1;+4. The first-order valence-electron chi connectivity index (χ1n) is 11.0. The molecule has 0 heterocycles. The molecule has 0 spiro atoms. The Morgan fingerprint density at radius 3 is 0.606 bits per heavy atom. The number of benzene rings is 4. The molecule has 0 aliphatic carbocycles. The van der Waals surface area contributed by atoms with Gasteiger partial charge in [0.2, 0.25) is 0 Å². The summed E-state index contributed by atoms with van der Waals surface area (Å²) in [6.07, 6.45) is 0. The minimum absolute atomic E-state index is 0. The molecule has 172 valence electrons. The largest absolute Gasteiger partial charge is 4.00 e. The van der Waals surface area contributed by atoms with Crippen molar-refractivity contribution in [3.63, 3.8) is 0 Å². The van der Waals surface area contributed by atoms with E-state index < -0.39 is 0 Å². The molecule has 0 fully saturated rings. The third-order valence-corrected chi connectivity index (χ3v) is 4.49. The van der Waals surface area contributed by atoms with E-state index in [9.17, 15) is 0 Å². The zero-order chi connectivity index (χ0) is 23.9. The van der Waals surface area contributed by atoms with Crippen molar-refractivity contribution >= 4 is 0 Å². The maximum absolute atomic E-state index is 3.10. The van der Waals surface area contributed by atoms with E-state index in [4.69, 9.17) is 0 Å². The second kappa shape index (κ2) is 17.1. The first-order chi connectivity index (χ1) is 15.2. The van der Waals surface area contributed by atoms with Crippen LogP contribution in [0.4, 0.5) is 0 Å². The zero-order valence-corrected chi connectivity index (χ0v) is 23.8. The Kier molecular flexibility index (Phi) is 15.8. The van der Waals surface area contributed by atoms with Gasteiger partial charge in [-0.3, -0.25) is 0 Å². The maximum atomic E-state index is 3.10. The summed E-state index contributed by atoms with van der Waals surface area (Å²) in [5.74, 6) is 0. The molecule has 0 saturated carbocycles. The van der Waals surface area contributed by atoms with Crippen LogP contribution in [-0.4, -0.2) is 0 Å². The Bertz CT molecular complexity index is 736. The molecule has 4 aromatic carbocycles. The van der Waals surface area contributed by atoms with Crippen LogP contribution in [0.15, 0.2) is 72.8 Å². The molecule has 33 heavy (non-hydrogen) atoms. The van der Waals surface area contributed by atoms with Gasteiger partial charge in [-0.25, -0.2) is 0 Å². The maximum Gasteiger partial charge on any atom is 4.00 e. The molecule has 0 aromatic heterocycles. The summed E-state index contributed by atoms with van der Waals surface area (Å²) in [7, 11) is 0. The topological polar surface area (TPSA) is 0 Å². The van der Waals surface area contributed by atoms with Crippen molar-refractivity contribution in [1.29, 1.82) is 0 Å². The van der Waals surface area contributed by atoms with Crippen molar-refractivity contribution in [2.45, 2.75) is 55.4 Å². The number of rotatable bonds is 0. The Morgan fingerprint density at radius 2 is 0.515 bits per heavy atom. The monoisotopic (exact) mass is 612 g/mol. The van der Waals surface area contributed by atoms with Crippen LogP contribution >= 0.6 is 0 Å². The molecule has 0 aliphatic heterocycles. The van der Waals surface area contributed by atoms with Crippen LogP contribution in [0.5, 0.6) is 0 Å². The quantitative estimate of drug-likeness (QED) is 0.175. The van der Waals surface area contributed by atoms with E-state index in [0.29, 0.717) is 0 Å². The average molecular weight is 611 g/mol. The predicted molar refractivity (Wildman–Crippen MR) is 139 cm³/mol. The fraction of sp³-hybridized carbons (Fsp3) is 0.250. The third kappa shape index (κ3) is 15.9. The van der Waals surface area contributed by atoms with Crippen molar-refractivity contribution < 1.29 is 19.8 Å². The van der Waals surface area contributed by atoms with Gasteiger partial charge in [0.25, 0.3) is 0 Å². The van der Waals surface area contributed by atoms with Crippen LogP contribution in [0.1, 0.15) is 44.5 Å². The molecule has 0 amide bonds. The number of hydrogen-bond donors (Lipinski definition) is 0. The number of aryl methyl sites for hydroxylation is 8. The van der Waals surface area contributed by atoms with Gasteiger partial charge in [-0.1, -0.05) is 55.4 Å². The van der Waals surface area contributed by atoms with E-state index in [2.05, 4.69) is 100 Å². The SMILES string of the molecule is Cc1[c-]cc(C)cc1.Cc1[c-]cc(C)cc1.Cc1[c-]cc(C)cc1.Cc1[c-]cc(C)cc1.[Os+4]. The fourth-order valence-corrected chi connectivity index (χ4v) is 2.32. The first-order valence-corrected chi connectivity index (χ1v) is 11.0. The molecule has 0 nitrogen and oxygen atoms in total. The van der Waals surface area contributed by atoms with Gasteiger partial charge in [-0.2, -0.15) is 142 Å². The zero-order valence-electron chi connectivity index (χ0n) is 21.3. The van der Waals surface area contributed by atoms with Crippen LogP contribution in [-0.2, 0) is 19.8 Å². The van der Waals surface area contributed by atoms with Crippen molar-refractivity contribution in [3.05, 3.63) is 142 Å². The minimum atomic E-state index is 0. The van der Waals surface area contributed by atoms with E-state index in [0.717, 1.165) is 0 Å². The summed E-state index contributed by atoms with van der Waals surface area (Å²) in [4.78, 5) is 0. The summed E-state index contributed by atoms with van der Waals surface area (Å²) in [6.45, 7) is 16.4. The van der Waals surface area contributed by atoms with Crippen molar-refractivity contribution in [1.82, 2.24) is 0 Å². The van der Waals surface area contributed by atoms with Gasteiger partial charge in [-0.15, -0.1) is 0 Å². The molecular formula is C32H36Os. The fourth-order valence-electron chi connectivity index (χ4n) is 2.32. The van der Waals surface area contributed by atoms with Crippen LogP contribution < -0.4 is 0 Å². The van der Waals surface area contributed by atoms with Gasteiger partial charge in [0.05, 0.1) is 0 Å². The van der Waals surface area contributed by atoms with Crippen molar-refractivity contribution in [2.24, 2.45) is 0 Å². The van der Waals surface area contributed by atoms with Crippen LogP contribution in [0.25, 0.3) is 0 Å². The number of hydrogen-bond acceptors (Lipinski definition) is 0. The van der Waals surface area contributed by atoms with Gasteiger partial charge in [-0.05, 0) is 0 Å². The van der Waals surface area contributed by atoms with Gasteiger partial charge < -0.3 is 0 Å². The first kappa shape index (κ1) is 30.5. The molecule has 0 bridgehead atoms. The van der Waals surface area contributed by atoms with Crippen LogP contribution in [0.3, 0.4) is 0 Å². The summed E-state index contributed by atoms with van der Waals surface area (Å²) in [6, 6.07) is 37.0. The smallest absolute Gasteiger partial charge is 0.180 e. The molecule has 0 aliphatic rings. The molecular weight excluding hydrogens is 575 g/mol. The second-order valence-corrected chi connectivity index (χ2v) is 8.20. The predicted octanol–water partition coefficient (Wildman–Crippen LogP) is 8.41. The Morgan fingerprint density at radius 1 is 0.333 bits per heavy atom. The summed E-state index contributed by atoms with van der Waals surface area (Å²) in [5.41, 5.74) is 9.91. The van der Waals surface area contributed by atoms with Crippen LogP contribution in [0.2, 0.25) is 0 Å². The summed E-state index contributed by atoms with van der Waals surface area (Å²) >= 11 is 0. The molecule has 4 rings (SSSR count). The van der Waals surface area contributed by atoms with E-state index in [1.807, 2.05) is 52.0 Å². The average Bonchev–Trinajstić information content (AvgIpc) is 2.78. The van der Waals surface area contributed by atoms with E-state index >= 15 is 0 Å². The third-order valence-electron chi connectivity index (χ3n) is 4.49. The summed E-state index contributed by atoms with van der Waals surface area (Å²) < 4.78 is 0. The van der Waals surface area contributed by atoms with Crippen molar-refractivity contribution in [3.8, 4) is 0 Å². The van der Waals surface area contributed by atoms with Gasteiger partial charge in [0, 0.05) is 0 Å². The molecule has 1 heteroatoms. The van der Waals surface area contributed by atoms with E-state index in [-0.39, 0.29) is 19.8 Å². The van der Waals surface area contributed by atoms with Crippen LogP contribution in [0, 0.1) is 79.7 Å². The summed E-state index contributed by atoms with van der Waals surface area (Å²) in [5, 5.41) is 0. The molecule has 4 aromatic rings. The normalized spacial score (nSPS) is 8.97. The second-order valence-electron chi connectivity index (χ2n) is 8.20. The molecule has 0 saturated heterocycles. The molecule has 0 N–H and O–H groups in total. The van der Waals surface area contributed by atoms with Gasteiger partial charge in [0.1, 0.15) is 0 Å². The van der Waals surface area contributed by atoms with Gasteiger partial charge >= 0.3 is 19.8 Å². The van der Waals surface area contributed by atoms with E-state index in [1.54, 1.807) is 0 Å². The minimum Gasteiger partial charge on any atom is -0.180 e. The molecule has 0 atom stereocenters. The van der Waals surface area contributed by atoms with E-state index in [1.165, 1.54) is 44.5 Å². The Balaban J connectivity index is 0.000000410. The molecule has 0 radical (unpaired) electrons.